The highest BCUT2D eigenvalue weighted by atomic mass is 16.4. The fourth-order valence-corrected chi connectivity index (χ4v) is 2.78. The lowest BCUT2D eigenvalue weighted by atomic mass is 9.89. The monoisotopic (exact) mass is 252 g/mol. The van der Waals surface area contributed by atoms with E-state index in [0.29, 0.717) is 24.4 Å². The van der Waals surface area contributed by atoms with Crippen LogP contribution in [-0.2, 0) is 13.0 Å². The molecule has 1 aromatic rings. The lowest BCUT2D eigenvalue weighted by Crippen LogP contribution is -2.24. The van der Waals surface area contributed by atoms with Crippen molar-refractivity contribution in [1.29, 1.82) is 0 Å². The molecule has 0 aliphatic heterocycles. The zero-order valence-corrected chi connectivity index (χ0v) is 10.7. The smallest absolute Gasteiger partial charge is 0.354 e. The van der Waals surface area contributed by atoms with Crippen molar-refractivity contribution in [3.8, 4) is 0 Å². The maximum absolute atomic E-state index is 12.1. The van der Waals surface area contributed by atoms with E-state index in [0.717, 1.165) is 12.8 Å². The molecule has 0 unspecified atom stereocenters. The summed E-state index contributed by atoms with van der Waals surface area (Å²) in [5.74, 6) is -0.548. The second-order valence-electron chi connectivity index (χ2n) is 5.04. The molecular weight excluding hydrogens is 232 g/mol. The molecule has 1 heterocycles. The van der Waals surface area contributed by atoms with Gasteiger partial charge in [-0.2, -0.15) is 0 Å². The third-order valence-corrected chi connectivity index (χ3v) is 3.78. The minimum absolute atomic E-state index is 0.0540. The third-order valence-electron chi connectivity index (χ3n) is 3.78. The molecule has 2 N–H and O–H groups in total. The minimum Gasteiger partial charge on any atom is -0.477 e. The number of hydrogen-bond donors (Lipinski definition) is 2. The Labute approximate surface area is 106 Å². The van der Waals surface area contributed by atoms with Gasteiger partial charge in [0.25, 0.3) is 5.56 Å². The van der Waals surface area contributed by atoms with Crippen molar-refractivity contribution in [1.82, 2.24) is 9.78 Å². The molecule has 1 fully saturated rings. The molecule has 0 bridgehead atoms. The Bertz CT molecular complexity index is 481. The van der Waals surface area contributed by atoms with Crippen molar-refractivity contribution in [2.45, 2.75) is 52.0 Å². The number of aromatic amines is 1. The average molecular weight is 252 g/mol. The van der Waals surface area contributed by atoms with Gasteiger partial charge in [0.2, 0.25) is 0 Å². The van der Waals surface area contributed by atoms with Gasteiger partial charge in [0.1, 0.15) is 5.69 Å². The Morgan fingerprint density at radius 2 is 2.06 bits per heavy atom. The molecule has 2 rings (SSSR count). The predicted molar refractivity (Wildman–Crippen MR) is 68.0 cm³/mol. The van der Waals surface area contributed by atoms with Gasteiger partial charge in [-0.05, 0) is 25.2 Å². The van der Waals surface area contributed by atoms with E-state index < -0.39 is 5.97 Å². The van der Waals surface area contributed by atoms with Crippen LogP contribution in [0.2, 0.25) is 0 Å². The van der Waals surface area contributed by atoms with Crippen LogP contribution in [-0.4, -0.2) is 20.9 Å². The average Bonchev–Trinajstić information content (AvgIpc) is 2.68. The number of hydrogen-bond acceptors (Lipinski definition) is 2. The number of nitrogens with one attached hydrogen (secondary N) is 1. The first kappa shape index (κ1) is 12.9. The SMILES string of the molecule is CCc1c(C(=O)O)[nH]n(CC2CCCCC2)c1=O. The summed E-state index contributed by atoms with van der Waals surface area (Å²) in [6.45, 7) is 2.43. The molecule has 0 radical (unpaired) electrons. The zero-order valence-electron chi connectivity index (χ0n) is 10.7. The Hall–Kier alpha value is -1.52. The van der Waals surface area contributed by atoms with Gasteiger partial charge in [-0.3, -0.25) is 14.6 Å². The van der Waals surface area contributed by atoms with Gasteiger partial charge in [0, 0.05) is 6.54 Å². The number of carboxylic acid groups (broad SMARTS) is 1. The van der Waals surface area contributed by atoms with Gasteiger partial charge in [0.15, 0.2) is 0 Å². The Kier molecular flexibility index (Phi) is 3.89. The van der Waals surface area contributed by atoms with E-state index in [1.807, 2.05) is 6.92 Å². The van der Waals surface area contributed by atoms with Crippen molar-refractivity contribution in [3.63, 3.8) is 0 Å². The van der Waals surface area contributed by atoms with Crippen LogP contribution in [0, 0.1) is 5.92 Å². The molecule has 0 spiro atoms. The topological polar surface area (TPSA) is 75.1 Å². The fourth-order valence-electron chi connectivity index (χ4n) is 2.78. The quantitative estimate of drug-likeness (QED) is 0.860. The molecule has 1 aliphatic rings. The van der Waals surface area contributed by atoms with E-state index >= 15 is 0 Å². The number of aromatic carboxylic acids is 1. The van der Waals surface area contributed by atoms with Crippen molar-refractivity contribution in [2.75, 3.05) is 0 Å². The fraction of sp³-hybridized carbons (Fsp3) is 0.692. The van der Waals surface area contributed by atoms with Gasteiger partial charge < -0.3 is 5.11 Å². The summed E-state index contributed by atoms with van der Waals surface area (Å²) < 4.78 is 1.48. The van der Waals surface area contributed by atoms with Crippen LogP contribution in [0.15, 0.2) is 4.79 Å². The van der Waals surface area contributed by atoms with E-state index in [-0.39, 0.29) is 11.3 Å². The first-order valence-corrected chi connectivity index (χ1v) is 6.68. The summed E-state index contributed by atoms with van der Waals surface area (Å²) in [6, 6.07) is 0. The summed E-state index contributed by atoms with van der Waals surface area (Å²) in [6.07, 6.45) is 6.43. The highest BCUT2D eigenvalue weighted by Crippen LogP contribution is 2.24. The maximum Gasteiger partial charge on any atom is 0.354 e. The van der Waals surface area contributed by atoms with E-state index in [9.17, 15) is 9.59 Å². The number of carbonyl (C=O) groups is 1. The molecular formula is C13H20N2O3. The van der Waals surface area contributed by atoms with Crippen LogP contribution in [0.25, 0.3) is 0 Å². The predicted octanol–water partition coefficient (Wildman–Crippen LogP) is 2.02. The first-order valence-electron chi connectivity index (χ1n) is 6.68. The highest BCUT2D eigenvalue weighted by molar-refractivity contribution is 5.86. The van der Waals surface area contributed by atoms with Gasteiger partial charge in [-0.15, -0.1) is 0 Å². The number of nitrogens with zero attached hydrogens (tertiary/aromatic N) is 1. The van der Waals surface area contributed by atoms with Crippen LogP contribution in [0.4, 0.5) is 0 Å². The molecule has 0 atom stereocenters. The van der Waals surface area contributed by atoms with E-state index in [1.54, 1.807) is 0 Å². The lowest BCUT2D eigenvalue weighted by Gasteiger charge is -2.21. The van der Waals surface area contributed by atoms with E-state index in [4.69, 9.17) is 5.11 Å². The summed E-state index contributed by atoms with van der Waals surface area (Å²) in [7, 11) is 0. The highest BCUT2D eigenvalue weighted by Gasteiger charge is 2.20. The van der Waals surface area contributed by atoms with Crippen LogP contribution < -0.4 is 5.56 Å². The number of rotatable bonds is 4. The van der Waals surface area contributed by atoms with E-state index in [2.05, 4.69) is 5.10 Å². The summed E-state index contributed by atoms with van der Waals surface area (Å²) >= 11 is 0. The number of carboxylic acids is 1. The summed E-state index contributed by atoms with van der Waals surface area (Å²) in [4.78, 5) is 23.1. The maximum atomic E-state index is 12.1. The first-order chi connectivity index (χ1) is 8.63. The molecule has 5 heteroatoms. The Morgan fingerprint density at radius 1 is 1.39 bits per heavy atom. The molecule has 0 saturated heterocycles. The zero-order chi connectivity index (χ0) is 13.1. The molecule has 1 saturated carbocycles. The summed E-state index contributed by atoms with van der Waals surface area (Å²) in [5, 5.41) is 11.8. The molecule has 1 aliphatic carbocycles. The standard InChI is InChI=1S/C13H20N2O3/c1-2-10-11(13(17)18)14-15(12(10)16)8-9-6-4-3-5-7-9/h9,14H,2-8H2,1H3,(H,17,18). The van der Waals surface area contributed by atoms with Crippen LogP contribution in [0.3, 0.4) is 0 Å². The minimum atomic E-state index is -1.05. The van der Waals surface area contributed by atoms with Crippen molar-refractivity contribution in [3.05, 3.63) is 21.6 Å². The van der Waals surface area contributed by atoms with Crippen LogP contribution >= 0.6 is 0 Å². The molecule has 18 heavy (non-hydrogen) atoms. The van der Waals surface area contributed by atoms with Crippen molar-refractivity contribution >= 4 is 5.97 Å². The second-order valence-corrected chi connectivity index (χ2v) is 5.04. The second kappa shape index (κ2) is 5.42. The largest absolute Gasteiger partial charge is 0.477 e. The normalized spacial score (nSPS) is 16.9. The van der Waals surface area contributed by atoms with Crippen molar-refractivity contribution in [2.24, 2.45) is 5.92 Å². The number of H-pyrrole nitrogens is 1. The van der Waals surface area contributed by atoms with Crippen LogP contribution in [0.5, 0.6) is 0 Å². The molecule has 100 valence electrons. The molecule has 0 aromatic carbocycles. The molecule has 1 aromatic heterocycles. The van der Waals surface area contributed by atoms with Gasteiger partial charge >= 0.3 is 5.97 Å². The van der Waals surface area contributed by atoms with Gasteiger partial charge in [-0.1, -0.05) is 26.2 Å². The van der Waals surface area contributed by atoms with Crippen molar-refractivity contribution < 1.29 is 9.90 Å². The van der Waals surface area contributed by atoms with Gasteiger partial charge in [-0.25, -0.2) is 4.79 Å². The Balaban J connectivity index is 2.22. The van der Waals surface area contributed by atoms with E-state index in [1.165, 1.54) is 23.9 Å². The molecule has 0 amide bonds. The third kappa shape index (κ3) is 2.49. The summed E-state index contributed by atoms with van der Waals surface area (Å²) in [5.41, 5.74) is 0.275. The molecule has 5 nitrogen and oxygen atoms in total. The lowest BCUT2D eigenvalue weighted by molar-refractivity contribution is 0.0688. The Morgan fingerprint density at radius 3 is 2.56 bits per heavy atom. The van der Waals surface area contributed by atoms with Crippen LogP contribution in [0.1, 0.15) is 55.1 Å². The van der Waals surface area contributed by atoms with Gasteiger partial charge in [0.05, 0.1) is 5.56 Å². The number of aromatic nitrogens is 2.